The van der Waals surface area contributed by atoms with Crippen LogP contribution in [-0.4, -0.2) is 37.0 Å². The van der Waals surface area contributed by atoms with E-state index in [0.29, 0.717) is 0 Å². The molecule has 0 rings (SSSR count). The van der Waals surface area contributed by atoms with Crippen LogP contribution in [0, 0.1) is 0 Å². The van der Waals surface area contributed by atoms with Gasteiger partial charge in [-0.15, -0.1) is 0 Å². The van der Waals surface area contributed by atoms with Crippen molar-refractivity contribution in [3.63, 3.8) is 0 Å². The minimum Gasteiger partial charge on any atom is -0.741 e. The molecule has 15 heteroatoms. The summed E-state index contributed by atoms with van der Waals surface area (Å²) in [5, 5.41) is 0. The maximum absolute atomic E-state index is 10.7. The Balaban J connectivity index is -0.000000218. The van der Waals surface area contributed by atoms with Crippen LogP contribution in [0.2, 0.25) is 0 Å². The van der Waals surface area contributed by atoms with Gasteiger partial charge in [0.05, 0.1) is 0 Å². The topological polar surface area (TPSA) is 114 Å². The van der Waals surface area contributed by atoms with E-state index in [9.17, 15) is 26.3 Å². The van der Waals surface area contributed by atoms with Crippen molar-refractivity contribution in [2.24, 2.45) is 0 Å². The molecule has 0 bridgehead atoms. The van der Waals surface area contributed by atoms with E-state index in [0.717, 1.165) is 0 Å². The third-order valence-electron chi connectivity index (χ3n) is 0.567. The van der Waals surface area contributed by atoms with Crippen molar-refractivity contribution in [1.82, 2.24) is 0 Å². The molecule has 0 heterocycles. The second-order valence-electron chi connectivity index (χ2n) is 1.80. The van der Waals surface area contributed by atoms with Gasteiger partial charge in [-0.2, -0.15) is 26.3 Å². The van der Waals surface area contributed by atoms with Crippen LogP contribution in [0.1, 0.15) is 0 Å². The van der Waals surface area contributed by atoms with Gasteiger partial charge in [0.25, 0.3) is 0 Å². The van der Waals surface area contributed by atoms with E-state index in [2.05, 4.69) is 0 Å². The Labute approximate surface area is 101 Å². The Morgan fingerprint density at radius 2 is 0.706 bits per heavy atom. The van der Waals surface area contributed by atoms with Gasteiger partial charge in [0.1, 0.15) is 0 Å². The monoisotopic (exact) mass is 350 g/mol. The zero-order valence-electron chi connectivity index (χ0n) is 6.94. The molecule has 0 radical (unpaired) electrons. The molecule has 0 saturated carbocycles. The molecule has 0 saturated heterocycles. The molecular weight excluding hydrogens is 350 g/mol. The van der Waals surface area contributed by atoms with Gasteiger partial charge in [-0.05, 0) is 0 Å². The average molecular weight is 350 g/mol. The second kappa shape index (κ2) is 6.20. The summed E-state index contributed by atoms with van der Waals surface area (Å²) in [6.07, 6.45) is 0. The summed E-state index contributed by atoms with van der Waals surface area (Å²) in [5.41, 5.74) is -11.3. The largest absolute Gasteiger partial charge is 2.00 e. The summed E-state index contributed by atoms with van der Waals surface area (Å²) < 4.78 is 118. The summed E-state index contributed by atoms with van der Waals surface area (Å²) in [6.45, 7) is 0. The summed E-state index contributed by atoms with van der Waals surface area (Å²) in [5.74, 6) is 0. The first kappa shape index (κ1) is 22.1. The Bertz CT molecular complexity index is 374. The van der Waals surface area contributed by atoms with E-state index in [4.69, 9.17) is 25.9 Å². The summed E-state index contributed by atoms with van der Waals surface area (Å²) in [7, 11) is -12.2. The van der Waals surface area contributed by atoms with E-state index in [1.165, 1.54) is 0 Å². The van der Waals surface area contributed by atoms with Crippen molar-refractivity contribution >= 4 is 20.2 Å². The predicted octanol–water partition coefficient (Wildman–Crippen LogP) is 0.100. The van der Waals surface area contributed by atoms with Gasteiger partial charge in [0.2, 0.25) is 0 Å². The van der Waals surface area contributed by atoms with E-state index < -0.39 is 31.3 Å². The van der Waals surface area contributed by atoms with Gasteiger partial charge in [-0.1, -0.05) is 0 Å². The van der Waals surface area contributed by atoms with E-state index >= 15 is 0 Å². The number of hydrogen-bond acceptors (Lipinski definition) is 6. The maximum Gasteiger partial charge on any atom is 2.00 e. The van der Waals surface area contributed by atoms with Crippen molar-refractivity contribution in [2.75, 3.05) is 0 Å². The van der Waals surface area contributed by atoms with Crippen molar-refractivity contribution in [2.45, 2.75) is 11.0 Å². The molecule has 17 heavy (non-hydrogen) atoms. The third-order valence-corrected chi connectivity index (χ3v) is 1.70. The van der Waals surface area contributed by atoms with E-state index in [1.54, 1.807) is 0 Å². The van der Waals surface area contributed by atoms with Crippen molar-refractivity contribution in [1.29, 1.82) is 0 Å². The zero-order valence-corrected chi connectivity index (χ0v) is 9.85. The molecular formula is C2CrF6O6S2. The molecule has 0 aliphatic carbocycles. The van der Waals surface area contributed by atoms with Gasteiger partial charge < -0.3 is 9.11 Å². The molecule has 0 aromatic rings. The Morgan fingerprint density at radius 3 is 0.706 bits per heavy atom. The van der Waals surface area contributed by atoms with E-state index in [-0.39, 0.29) is 17.4 Å². The number of alkyl halides is 6. The van der Waals surface area contributed by atoms with E-state index in [1.807, 2.05) is 0 Å². The molecule has 6 nitrogen and oxygen atoms in total. The second-order valence-corrected chi connectivity index (χ2v) is 4.54. The summed E-state index contributed by atoms with van der Waals surface area (Å²) in [6, 6.07) is 0. The Kier molecular flexibility index (Phi) is 8.08. The Hall–Kier alpha value is -0.0675. The average Bonchev–Trinajstić information content (AvgIpc) is 1.77. The van der Waals surface area contributed by atoms with Crippen molar-refractivity contribution in [3.05, 3.63) is 0 Å². The first-order chi connectivity index (χ1) is 6.50. The molecule has 0 aromatic heterocycles. The van der Waals surface area contributed by atoms with Gasteiger partial charge in [0, 0.05) is 0 Å². The third kappa shape index (κ3) is 9.62. The predicted molar refractivity (Wildman–Crippen MR) is 31.5 cm³/mol. The van der Waals surface area contributed by atoms with Crippen LogP contribution in [0.4, 0.5) is 26.3 Å². The fourth-order valence-electron chi connectivity index (χ4n) is 0. The molecule has 0 N–H and O–H groups in total. The molecule has 0 spiro atoms. The number of hydrogen-bond donors (Lipinski definition) is 0. The van der Waals surface area contributed by atoms with Gasteiger partial charge in [-0.25, -0.2) is 16.8 Å². The van der Waals surface area contributed by atoms with Crippen molar-refractivity contribution < 1.29 is 69.6 Å². The van der Waals surface area contributed by atoms with Crippen LogP contribution >= 0.6 is 0 Å². The molecule has 0 aliphatic heterocycles. The van der Waals surface area contributed by atoms with Crippen LogP contribution in [0.25, 0.3) is 0 Å². The normalized spacial score (nSPS) is 13.2. The standard InChI is InChI=1S/2CHF3O3S.Cr/c2*2-1(3,4)8(5,6)7;/h2*(H,5,6,7);/q;;+2/p-2. The zero-order chi connectivity index (χ0) is 14.0. The minimum atomic E-state index is -6.09. The van der Waals surface area contributed by atoms with Gasteiger partial charge >= 0.3 is 28.4 Å². The molecule has 0 aromatic carbocycles. The molecule has 0 aliphatic rings. The number of rotatable bonds is 0. The molecule has 0 fully saturated rings. The summed E-state index contributed by atoms with van der Waals surface area (Å²) in [4.78, 5) is 0. The smallest absolute Gasteiger partial charge is 0.741 e. The van der Waals surface area contributed by atoms with Crippen LogP contribution in [-0.2, 0) is 37.6 Å². The first-order valence-electron chi connectivity index (χ1n) is 2.54. The van der Waals surface area contributed by atoms with Crippen molar-refractivity contribution in [3.8, 4) is 0 Å². The van der Waals surface area contributed by atoms with Gasteiger partial charge in [0.15, 0.2) is 20.2 Å². The first-order valence-corrected chi connectivity index (χ1v) is 5.36. The molecule has 0 unspecified atom stereocenters. The van der Waals surface area contributed by atoms with Crippen LogP contribution in [0.15, 0.2) is 0 Å². The minimum absolute atomic E-state index is 0. The molecule has 0 amide bonds. The van der Waals surface area contributed by atoms with Gasteiger partial charge in [-0.3, -0.25) is 0 Å². The van der Waals surface area contributed by atoms with Crippen LogP contribution in [0.5, 0.6) is 0 Å². The number of halogens is 6. The van der Waals surface area contributed by atoms with Crippen LogP contribution < -0.4 is 0 Å². The fraction of sp³-hybridized carbons (Fsp3) is 1.00. The fourth-order valence-corrected chi connectivity index (χ4v) is 0. The quantitative estimate of drug-likeness (QED) is 0.348. The van der Waals surface area contributed by atoms with Crippen LogP contribution in [0.3, 0.4) is 0 Å². The SMILES string of the molecule is O=S(=O)([O-])C(F)(F)F.O=S(=O)([O-])C(F)(F)F.[Cr+2]. The maximum atomic E-state index is 10.7. The molecule has 104 valence electrons. The summed E-state index contributed by atoms with van der Waals surface area (Å²) >= 11 is 0. The molecule has 0 atom stereocenters. The Morgan fingerprint density at radius 1 is 0.647 bits per heavy atom.